The molecule has 3 rings (SSSR count). The van der Waals surface area contributed by atoms with Gasteiger partial charge in [-0.2, -0.15) is 0 Å². The van der Waals surface area contributed by atoms with Crippen LogP contribution in [0.3, 0.4) is 0 Å². The van der Waals surface area contributed by atoms with E-state index >= 15 is 0 Å². The lowest BCUT2D eigenvalue weighted by molar-refractivity contribution is 0.0482. The lowest BCUT2D eigenvalue weighted by Gasteiger charge is -2.10. The molecule has 0 aromatic heterocycles. The monoisotopic (exact) mass is 330 g/mol. The topological polar surface area (TPSA) is 52.6 Å². The van der Waals surface area contributed by atoms with E-state index in [0.29, 0.717) is 29.9 Å². The van der Waals surface area contributed by atoms with Gasteiger partial charge in [0.2, 0.25) is 0 Å². The molecule has 2 aliphatic rings. The summed E-state index contributed by atoms with van der Waals surface area (Å²) in [5.41, 5.74) is 1.46. The molecule has 24 heavy (non-hydrogen) atoms. The molecule has 0 aliphatic carbocycles. The molecule has 0 fully saturated rings. The van der Waals surface area contributed by atoms with Crippen molar-refractivity contribution in [2.75, 3.05) is 13.2 Å². The normalized spacial score (nSPS) is 18.2. The van der Waals surface area contributed by atoms with Gasteiger partial charge in [0, 0.05) is 0 Å². The highest BCUT2D eigenvalue weighted by Gasteiger charge is 2.15. The summed E-state index contributed by atoms with van der Waals surface area (Å²) >= 11 is 0. The van der Waals surface area contributed by atoms with Crippen molar-refractivity contribution < 1.29 is 19.1 Å². The van der Waals surface area contributed by atoms with Crippen molar-refractivity contribution in [1.29, 1.82) is 0 Å². The average molecular weight is 330 g/mol. The van der Waals surface area contributed by atoms with Crippen molar-refractivity contribution in [3.8, 4) is 0 Å². The lowest BCUT2D eigenvalue weighted by Crippen LogP contribution is -2.11. The summed E-state index contributed by atoms with van der Waals surface area (Å²) in [6.45, 7) is 4.58. The van der Waals surface area contributed by atoms with Gasteiger partial charge in [0.25, 0.3) is 0 Å². The van der Waals surface area contributed by atoms with Crippen molar-refractivity contribution in [2.45, 2.75) is 51.4 Å². The summed E-state index contributed by atoms with van der Waals surface area (Å²) in [6.07, 6.45) is 10.3. The number of fused-ring (bicyclic) bond motifs is 15. The summed E-state index contributed by atoms with van der Waals surface area (Å²) in [4.78, 5) is 24.3. The van der Waals surface area contributed by atoms with Gasteiger partial charge in [-0.3, -0.25) is 0 Å². The van der Waals surface area contributed by atoms with Crippen molar-refractivity contribution in [1.82, 2.24) is 0 Å². The summed E-state index contributed by atoms with van der Waals surface area (Å²) < 4.78 is 10.6. The van der Waals surface area contributed by atoms with Gasteiger partial charge in [-0.25, -0.2) is 9.59 Å². The van der Waals surface area contributed by atoms with Crippen LogP contribution in [0.5, 0.6) is 0 Å². The molecule has 4 nitrogen and oxygen atoms in total. The molecule has 2 bridgehead atoms. The molecule has 1 aromatic carbocycles. The Kier molecular flexibility index (Phi) is 7.53. The summed E-state index contributed by atoms with van der Waals surface area (Å²) in [7, 11) is 0. The van der Waals surface area contributed by atoms with Crippen LogP contribution < -0.4 is 0 Å². The molecule has 0 saturated carbocycles. The first-order chi connectivity index (χ1) is 11.7. The number of carbonyl (C=O) groups excluding carboxylic acids is 2. The smallest absolute Gasteiger partial charge is 0.338 e. The molecule has 0 unspecified atom stereocenters. The van der Waals surface area contributed by atoms with Gasteiger partial charge in [0.15, 0.2) is 0 Å². The maximum Gasteiger partial charge on any atom is 0.338 e. The highest BCUT2D eigenvalue weighted by molar-refractivity contribution is 5.97. The Morgan fingerprint density at radius 2 is 1.33 bits per heavy atom. The molecule has 0 spiro atoms. The van der Waals surface area contributed by atoms with Crippen LogP contribution in [-0.2, 0) is 9.47 Å². The van der Waals surface area contributed by atoms with E-state index in [1.807, 2.05) is 0 Å². The van der Waals surface area contributed by atoms with Crippen molar-refractivity contribution >= 4 is 18.0 Å². The van der Waals surface area contributed by atoms with E-state index in [1.54, 1.807) is 24.3 Å². The molecule has 0 radical (unpaired) electrons. The van der Waals surface area contributed by atoms with Crippen LogP contribution in [0.2, 0.25) is 0 Å². The Morgan fingerprint density at radius 3 is 1.92 bits per heavy atom. The van der Waals surface area contributed by atoms with Gasteiger partial charge < -0.3 is 9.47 Å². The first kappa shape index (κ1) is 18.2. The average Bonchev–Trinajstić information content (AvgIpc) is 2.60. The summed E-state index contributed by atoms with van der Waals surface area (Å²) in [5.74, 6) is -0.731. The lowest BCUT2D eigenvalue weighted by atomic mass is 10.0. The van der Waals surface area contributed by atoms with E-state index in [-0.39, 0.29) is 11.9 Å². The number of esters is 2. The first-order valence-corrected chi connectivity index (χ1v) is 8.83. The Balaban J connectivity index is 2.10. The number of ether oxygens (including phenoxy) is 2. The zero-order valence-corrected chi connectivity index (χ0v) is 14.2. The Hall–Kier alpha value is -2.10. The predicted molar refractivity (Wildman–Crippen MR) is 94.0 cm³/mol. The van der Waals surface area contributed by atoms with E-state index in [0.717, 1.165) is 25.7 Å². The van der Waals surface area contributed by atoms with Crippen molar-refractivity contribution in [2.24, 2.45) is 0 Å². The van der Waals surface area contributed by atoms with E-state index in [2.05, 4.69) is 6.58 Å². The molecule has 0 atom stereocenters. The minimum absolute atomic E-state index is 0.362. The van der Waals surface area contributed by atoms with Gasteiger partial charge >= 0.3 is 11.9 Å². The van der Waals surface area contributed by atoms with Crippen LogP contribution >= 0.6 is 0 Å². The molecule has 2 aliphatic heterocycles. The molecule has 0 saturated heterocycles. The van der Waals surface area contributed by atoms with E-state index < -0.39 is 0 Å². The second kappa shape index (κ2) is 9.91. The van der Waals surface area contributed by atoms with Crippen LogP contribution in [-0.4, -0.2) is 25.2 Å². The first-order valence-electron chi connectivity index (χ1n) is 8.83. The van der Waals surface area contributed by atoms with E-state index in [1.165, 1.54) is 25.7 Å². The molecule has 0 amide bonds. The molecule has 4 heteroatoms. The number of benzene rings is 1. The van der Waals surface area contributed by atoms with Gasteiger partial charge in [-0.1, -0.05) is 51.2 Å². The Morgan fingerprint density at radius 1 is 0.792 bits per heavy atom. The van der Waals surface area contributed by atoms with Crippen LogP contribution in [0.15, 0.2) is 24.8 Å². The molecule has 130 valence electrons. The summed E-state index contributed by atoms with van der Waals surface area (Å²) in [5, 5.41) is 0. The zero-order valence-electron chi connectivity index (χ0n) is 14.2. The van der Waals surface area contributed by atoms with E-state index in [4.69, 9.17) is 9.47 Å². The fourth-order valence-electron chi connectivity index (χ4n) is 2.80. The number of hydrogen-bond acceptors (Lipinski definition) is 4. The molecular weight excluding hydrogens is 304 g/mol. The third-order valence-electron chi connectivity index (χ3n) is 4.23. The van der Waals surface area contributed by atoms with Crippen molar-refractivity contribution in [3.63, 3.8) is 0 Å². The fraction of sp³-hybridized carbons (Fsp3) is 0.500. The summed E-state index contributed by atoms with van der Waals surface area (Å²) in [6, 6.07) is 4.85. The zero-order chi connectivity index (χ0) is 17.2. The second-order valence-electron chi connectivity index (χ2n) is 6.11. The largest absolute Gasteiger partial charge is 0.462 e. The Bertz CT molecular complexity index is 577. The van der Waals surface area contributed by atoms with Crippen LogP contribution in [0, 0.1) is 0 Å². The quantitative estimate of drug-likeness (QED) is 0.696. The SMILES string of the molecule is C=Cc1cc2ccc1C(=O)OCCCCCCCCCCOC2=O. The highest BCUT2D eigenvalue weighted by atomic mass is 16.5. The third-order valence-corrected chi connectivity index (χ3v) is 4.23. The van der Waals surface area contributed by atoms with Crippen molar-refractivity contribution in [3.05, 3.63) is 41.5 Å². The highest BCUT2D eigenvalue weighted by Crippen LogP contribution is 2.17. The fourth-order valence-corrected chi connectivity index (χ4v) is 2.80. The maximum absolute atomic E-state index is 12.2. The predicted octanol–water partition coefficient (Wildman–Crippen LogP) is 4.78. The minimum Gasteiger partial charge on any atom is -0.462 e. The minimum atomic E-state index is -0.370. The molecule has 0 N–H and O–H groups in total. The molecular formula is C20H26O4. The van der Waals surface area contributed by atoms with E-state index in [9.17, 15) is 9.59 Å². The number of rotatable bonds is 1. The van der Waals surface area contributed by atoms with Gasteiger partial charge in [0.05, 0.1) is 24.3 Å². The number of hydrogen-bond donors (Lipinski definition) is 0. The van der Waals surface area contributed by atoms with Gasteiger partial charge in [-0.05, 0) is 36.6 Å². The second-order valence-corrected chi connectivity index (χ2v) is 6.11. The third kappa shape index (κ3) is 5.52. The number of carbonyl (C=O) groups is 2. The van der Waals surface area contributed by atoms with Gasteiger partial charge in [-0.15, -0.1) is 0 Å². The van der Waals surface area contributed by atoms with Crippen LogP contribution in [0.4, 0.5) is 0 Å². The molecule has 1 aromatic rings. The Labute approximate surface area is 143 Å². The van der Waals surface area contributed by atoms with Crippen LogP contribution in [0.1, 0.15) is 77.6 Å². The van der Waals surface area contributed by atoms with Gasteiger partial charge in [0.1, 0.15) is 0 Å². The standard InChI is InChI=1S/C20H26O4/c1-2-16-15-17-11-12-18(16)20(22)24-14-10-8-6-4-3-5-7-9-13-23-19(17)21/h2,11-12,15H,1,3-10,13-14H2. The maximum atomic E-state index is 12.2. The molecule has 2 heterocycles. The van der Waals surface area contributed by atoms with Crippen LogP contribution in [0.25, 0.3) is 6.08 Å².